The second kappa shape index (κ2) is 4.60. The van der Waals surface area contributed by atoms with Crippen molar-refractivity contribution in [2.24, 2.45) is 0 Å². The van der Waals surface area contributed by atoms with Gasteiger partial charge >= 0.3 is 5.97 Å². The SMILES string of the molecule is COC(=O)[C@@H](C)c1cc(OC)ccn1. The largest absolute Gasteiger partial charge is 0.497 e. The van der Waals surface area contributed by atoms with E-state index in [1.54, 1.807) is 32.4 Å². The Hall–Kier alpha value is -1.58. The Labute approximate surface area is 82.9 Å². The lowest BCUT2D eigenvalue weighted by Crippen LogP contribution is -2.12. The third-order valence-corrected chi connectivity index (χ3v) is 1.99. The van der Waals surface area contributed by atoms with Crippen LogP contribution in [0.15, 0.2) is 18.3 Å². The molecule has 0 saturated carbocycles. The topological polar surface area (TPSA) is 48.4 Å². The van der Waals surface area contributed by atoms with Crippen molar-refractivity contribution in [2.75, 3.05) is 14.2 Å². The van der Waals surface area contributed by atoms with Crippen LogP contribution >= 0.6 is 0 Å². The molecule has 0 radical (unpaired) electrons. The molecule has 1 rings (SSSR count). The van der Waals surface area contributed by atoms with Gasteiger partial charge in [0.1, 0.15) is 5.75 Å². The first kappa shape index (κ1) is 10.5. The van der Waals surface area contributed by atoms with E-state index in [9.17, 15) is 4.79 Å². The van der Waals surface area contributed by atoms with Gasteiger partial charge in [0.25, 0.3) is 0 Å². The van der Waals surface area contributed by atoms with Crippen LogP contribution in [-0.2, 0) is 9.53 Å². The molecule has 0 aromatic carbocycles. The zero-order valence-electron chi connectivity index (χ0n) is 8.48. The number of hydrogen-bond donors (Lipinski definition) is 0. The van der Waals surface area contributed by atoms with Crippen LogP contribution in [0.25, 0.3) is 0 Å². The van der Waals surface area contributed by atoms with Crippen LogP contribution in [-0.4, -0.2) is 25.2 Å². The van der Waals surface area contributed by atoms with E-state index in [0.29, 0.717) is 11.4 Å². The molecular weight excluding hydrogens is 182 g/mol. The molecule has 1 aromatic rings. The molecule has 0 amide bonds. The van der Waals surface area contributed by atoms with E-state index in [4.69, 9.17) is 4.74 Å². The minimum atomic E-state index is -0.366. The zero-order valence-corrected chi connectivity index (χ0v) is 8.48. The predicted molar refractivity (Wildman–Crippen MR) is 51.2 cm³/mol. The Balaban J connectivity index is 2.89. The molecule has 0 fully saturated rings. The normalized spacial score (nSPS) is 11.9. The van der Waals surface area contributed by atoms with Gasteiger partial charge in [0.2, 0.25) is 0 Å². The molecule has 4 nitrogen and oxygen atoms in total. The maximum absolute atomic E-state index is 11.2. The number of carbonyl (C=O) groups excluding carboxylic acids is 1. The number of methoxy groups -OCH3 is 2. The van der Waals surface area contributed by atoms with Gasteiger partial charge in [-0.1, -0.05) is 0 Å². The summed E-state index contributed by atoms with van der Waals surface area (Å²) in [6.45, 7) is 1.74. The summed E-state index contributed by atoms with van der Waals surface area (Å²) in [7, 11) is 2.93. The molecule has 0 aliphatic carbocycles. The number of rotatable bonds is 3. The maximum Gasteiger partial charge on any atom is 0.314 e. The van der Waals surface area contributed by atoms with Crippen LogP contribution in [0.4, 0.5) is 0 Å². The van der Waals surface area contributed by atoms with Crippen LogP contribution in [0.1, 0.15) is 18.5 Å². The van der Waals surface area contributed by atoms with Gasteiger partial charge in [0.05, 0.1) is 25.8 Å². The van der Waals surface area contributed by atoms with Gasteiger partial charge in [-0.25, -0.2) is 0 Å². The summed E-state index contributed by atoms with van der Waals surface area (Å²) < 4.78 is 9.65. The minimum absolute atomic E-state index is 0.300. The van der Waals surface area contributed by atoms with Gasteiger partial charge in [-0.05, 0) is 13.0 Å². The van der Waals surface area contributed by atoms with Crippen LogP contribution in [0.5, 0.6) is 5.75 Å². The Morgan fingerprint density at radius 2 is 2.21 bits per heavy atom. The number of nitrogens with zero attached hydrogens (tertiary/aromatic N) is 1. The first-order valence-corrected chi connectivity index (χ1v) is 4.26. The third-order valence-electron chi connectivity index (χ3n) is 1.99. The molecule has 76 valence electrons. The van der Waals surface area contributed by atoms with E-state index in [1.165, 1.54) is 7.11 Å². The molecule has 0 aliphatic heterocycles. The van der Waals surface area contributed by atoms with Gasteiger partial charge in [-0.15, -0.1) is 0 Å². The quantitative estimate of drug-likeness (QED) is 0.683. The maximum atomic E-state index is 11.2. The number of aromatic nitrogens is 1. The number of carbonyl (C=O) groups is 1. The summed E-state index contributed by atoms with van der Waals surface area (Å²) in [6, 6.07) is 3.45. The first-order chi connectivity index (χ1) is 6.69. The number of hydrogen-bond acceptors (Lipinski definition) is 4. The highest BCUT2D eigenvalue weighted by Gasteiger charge is 2.17. The van der Waals surface area contributed by atoms with Gasteiger partial charge in [-0.2, -0.15) is 0 Å². The lowest BCUT2D eigenvalue weighted by Gasteiger charge is -2.09. The zero-order chi connectivity index (χ0) is 10.6. The summed E-state index contributed by atoms with van der Waals surface area (Å²) >= 11 is 0. The second-order valence-electron chi connectivity index (χ2n) is 2.87. The van der Waals surface area contributed by atoms with Crippen LogP contribution in [0, 0.1) is 0 Å². The Bertz CT molecular complexity index is 325. The molecule has 0 saturated heterocycles. The number of pyridine rings is 1. The van der Waals surface area contributed by atoms with E-state index in [2.05, 4.69) is 9.72 Å². The minimum Gasteiger partial charge on any atom is -0.497 e. The fourth-order valence-corrected chi connectivity index (χ4v) is 1.09. The summed E-state index contributed by atoms with van der Waals surface area (Å²) in [4.78, 5) is 15.3. The molecule has 0 unspecified atom stereocenters. The molecule has 0 bridgehead atoms. The van der Waals surface area contributed by atoms with Crippen LogP contribution < -0.4 is 4.74 Å². The molecular formula is C10H13NO3. The highest BCUT2D eigenvalue weighted by Crippen LogP contribution is 2.18. The molecule has 0 aliphatic rings. The highest BCUT2D eigenvalue weighted by atomic mass is 16.5. The number of ether oxygens (including phenoxy) is 2. The fourth-order valence-electron chi connectivity index (χ4n) is 1.09. The smallest absolute Gasteiger partial charge is 0.314 e. The van der Waals surface area contributed by atoms with E-state index in [1.807, 2.05) is 0 Å². The molecule has 1 aromatic heterocycles. The summed E-state index contributed by atoms with van der Waals surface area (Å²) in [5.74, 6) is 0.0200. The van der Waals surface area contributed by atoms with E-state index < -0.39 is 0 Å². The van der Waals surface area contributed by atoms with Crippen molar-refractivity contribution in [2.45, 2.75) is 12.8 Å². The summed E-state index contributed by atoms with van der Waals surface area (Å²) in [6.07, 6.45) is 1.60. The lowest BCUT2D eigenvalue weighted by atomic mass is 10.1. The summed E-state index contributed by atoms with van der Waals surface area (Å²) in [5, 5.41) is 0. The monoisotopic (exact) mass is 195 g/mol. The van der Waals surface area contributed by atoms with Crippen molar-refractivity contribution in [3.8, 4) is 5.75 Å². The standard InChI is InChI=1S/C10H13NO3/c1-7(10(12)14-3)9-6-8(13-2)4-5-11-9/h4-7H,1-3H3/t7-/m0/s1. The molecule has 1 heterocycles. The first-order valence-electron chi connectivity index (χ1n) is 4.26. The third kappa shape index (κ3) is 2.22. The van der Waals surface area contributed by atoms with Gasteiger partial charge in [-0.3, -0.25) is 9.78 Å². The summed E-state index contributed by atoms with van der Waals surface area (Å²) in [5.41, 5.74) is 0.649. The molecule has 1 atom stereocenters. The van der Waals surface area contributed by atoms with Crippen LogP contribution in [0.3, 0.4) is 0 Å². The van der Waals surface area contributed by atoms with Gasteiger partial charge in [0.15, 0.2) is 0 Å². The second-order valence-corrected chi connectivity index (χ2v) is 2.87. The lowest BCUT2D eigenvalue weighted by molar-refractivity contribution is -0.142. The van der Waals surface area contributed by atoms with Crippen LogP contribution in [0.2, 0.25) is 0 Å². The Kier molecular flexibility index (Phi) is 3.45. The molecule has 0 N–H and O–H groups in total. The van der Waals surface area contributed by atoms with Crippen molar-refractivity contribution in [3.05, 3.63) is 24.0 Å². The fraction of sp³-hybridized carbons (Fsp3) is 0.400. The number of esters is 1. The van der Waals surface area contributed by atoms with E-state index in [-0.39, 0.29) is 11.9 Å². The Morgan fingerprint density at radius 3 is 2.79 bits per heavy atom. The van der Waals surface area contributed by atoms with Crippen molar-refractivity contribution >= 4 is 5.97 Å². The van der Waals surface area contributed by atoms with E-state index >= 15 is 0 Å². The predicted octanol–water partition coefficient (Wildman–Crippen LogP) is 1.37. The van der Waals surface area contributed by atoms with Crippen molar-refractivity contribution < 1.29 is 14.3 Å². The molecule has 0 spiro atoms. The average Bonchev–Trinajstić information content (AvgIpc) is 2.27. The Morgan fingerprint density at radius 1 is 1.50 bits per heavy atom. The van der Waals surface area contributed by atoms with Crippen molar-refractivity contribution in [1.29, 1.82) is 0 Å². The van der Waals surface area contributed by atoms with Gasteiger partial charge in [0, 0.05) is 12.3 Å². The van der Waals surface area contributed by atoms with Crippen molar-refractivity contribution in [1.82, 2.24) is 4.98 Å². The van der Waals surface area contributed by atoms with Gasteiger partial charge < -0.3 is 9.47 Å². The highest BCUT2D eigenvalue weighted by molar-refractivity contribution is 5.76. The van der Waals surface area contributed by atoms with E-state index in [0.717, 1.165) is 0 Å². The molecule has 4 heteroatoms. The van der Waals surface area contributed by atoms with Crippen molar-refractivity contribution in [3.63, 3.8) is 0 Å². The average molecular weight is 195 g/mol. The molecule has 14 heavy (non-hydrogen) atoms.